The average Bonchev–Trinajstić information content (AvgIpc) is 2.53. The van der Waals surface area contributed by atoms with Crippen LogP contribution >= 0.6 is 11.8 Å². The summed E-state index contributed by atoms with van der Waals surface area (Å²) in [7, 11) is 1.56. The molecule has 0 saturated carbocycles. The fraction of sp³-hybridized carbons (Fsp3) is 0.769. The van der Waals surface area contributed by atoms with Gasteiger partial charge in [0.05, 0.1) is 7.11 Å². The molecule has 8 heteroatoms. The van der Waals surface area contributed by atoms with Crippen molar-refractivity contribution in [2.75, 3.05) is 62.0 Å². The fourth-order valence-corrected chi connectivity index (χ4v) is 2.97. The number of rotatable bonds is 8. The van der Waals surface area contributed by atoms with Crippen molar-refractivity contribution in [1.29, 1.82) is 0 Å². The Labute approximate surface area is 130 Å². The monoisotopic (exact) mass is 312 g/mol. The Kier molecular flexibility index (Phi) is 6.81. The van der Waals surface area contributed by atoms with Crippen LogP contribution in [0.2, 0.25) is 0 Å². The zero-order valence-electron chi connectivity index (χ0n) is 12.8. The van der Waals surface area contributed by atoms with Crippen molar-refractivity contribution in [3.8, 4) is 6.01 Å². The van der Waals surface area contributed by atoms with Crippen LogP contribution in [0.25, 0.3) is 0 Å². The first-order valence-corrected chi connectivity index (χ1v) is 8.55. The largest absolute Gasteiger partial charge is 0.467 e. The van der Waals surface area contributed by atoms with E-state index in [0.717, 1.165) is 39.1 Å². The van der Waals surface area contributed by atoms with E-state index in [-0.39, 0.29) is 0 Å². The van der Waals surface area contributed by atoms with Crippen LogP contribution < -0.4 is 15.4 Å². The standard InChI is InChI=1S/C13H24N6OS/c1-3-4-14-11-16-12(18-13(17-11)20-2)15-5-6-19-7-9-21-10-8-19/h3-10H2,1-2H3,(H2,14,15,16,17,18). The van der Waals surface area contributed by atoms with Gasteiger partial charge in [0.2, 0.25) is 11.9 Å². The molecule has 0 radical (unpaired) electrons. The van der Waals surface area contributed by atoms with Gasteiger partial charge in [0.15, 0.2) is 0 Å². The Morgan fingerprint density at radius 1 is 1.10 bits per heavy atom. The average molecular weight is 312 g/mol. The Hall–Kier alpha value is -1.28. The molecule has 118 valence electrons. The molecule has 1 aromatic heterocycles. The van der Waals surface area contributed by atoms with Crippen LogP contribution in [0.1, 0.15) is 13.3 Å². The molecular weight excluding hydrogens is 288 g/mol. The van der Waals surface area contributed by atoms with E-state index in [1.807, 2.05) is 11.8 Å². The molecule has 0 unspecified atom stereocenters. The second-order valence-corrected chi connectivity index (χ2v) is 6.00. The van der Waals surface area contributed by atoms with Crippen molar-refractivity contribution < 1.29 is 4.74 Å². The van der Waals surface area contributed by atoms with Gasteiger partial charge >= 0.3 is 6.01 Å². The minimum absolute atomic E-state index is 0.334. The van der Waals surface area contributed by atoms with E-state index >= 15 is 0 Å². The van der Waals surface area contributed by atoms with Crippen LogP contribution in [0.4, 0.5) is 11.9 Å². The van der Waals surface area contributed by atoms with Crippen LogP contribution in [0.15, 0.2) is 0 Å². The smallest absolute Gasteiger partial charge is 0.322 e. The second kappa shape index (κ2) is 8.89. The molecule has 0 spiro atoms. The van der Waals surface area contributed by atoms with Crippen LogP contribution in [0.5, 0.6) is 6.01 Å². The van der Waals surface area contributed by atoms with Gasteiger partial charge in [-0.15, -0.1) is 0 Å². The van der Waals surface area contributed by atoms with Gasteiger partial charge in [-0.25, -0.2) is 0 Å². The molecule has 1 saturated heterocycles. The van der Waals surface area contributed by atoms with Crippen molar-refractivity contribution in [1.82, 2.24) is 19.9 Å². The first-order valence-electron chi connectivity index (χ1n) is 7.39. The Morgan fingerprint density at radius 2 is 1.76 bits per heavy atom. The Bertz CT molecular complexity index is 427. The SMILES string of the molecule is CCCNc1nc(NCCN2CCSCC2)nc(OC)n1. The van der Waals surface area contributed by atoms with Gasteiger partial charge in [-0.3, -0.25) is 4.90 Å². The number of ether oxygens (including phenoxy) is 1. The number of hydrogen-bond acceptors (Lipinski definition) is 8. The molecule has 0 aliphatic carbocycles. The van der Waals surface area contributed by atoms with E-state index < -0.39 is 0 Å². The molecular formula is C13H24N6OS. The number of aromatic nitrogens is 3. The molecule has 2 heterocycles. The van der Waals surface area contributed by atoms with Crippen molar-refractivity contribution in [2.24, 2.45) is 0 Å². The van der Waals surface area contributed by atoms with E-state index in [4.69, 9.17) is 4.74 Å². The zero-order chi connectivity index (χ0) is 14.9. The molecule has 1 aliphatic rings. The third-order valence-corrected chi connectivity index (χ3v) is 4.09. The molecule has 1 aliphatic heterocycles. The molecule has 0 aromatic carbocycles. The molecule has 2 rings (SSSR count). The number of methoxy groups -OCH3 is 1. The first-order chi connectivity index (χ1) is 10.3. The van der Waals surface area contributed by atoms with Gasteiger partial charge in [0.1, 0.15) is 0 Å². The maximum Gasteiger partial charge on any atom is 0.322 e. The fourth-order valence-electron chi connectivity index (χ4n) is 1.99. The van der Waals surface area contributed by atoms with E-state index in [0.29, 0.717) is 17.9 Å². The molecule has 1 aromatic rings. The maximum atomic E-state index is 5.12. The summed E-state index contributed by atoms with van der Waals surface area (Å²) in [5.41, 5.74) is 0. The summed E-state index contributed by atoms with van der Waals surface area (Å²) in [6.45, 7) is 7.09. The van der Waals surface area contributed by atoms with Crippen molar-refractivity contribution in [2.45, 2.75) is 13.3 Å². The van der Waals surface area contributed by atoms with Crippen molar-refractivity contribution in [3.63, 3.8) is 0 Å². The Morgan fingerprint density at radius 3 is 2.38 bits per heavy atom. The van der Waals surface area contributed by atoms with Gasteiger partial charge in [0.25, 0.3) is 0 Å². The third-order valence-electron chi connectivity index (χ3n) is 3.15. The van der Waals surface area contributed by atoms with E-state index in [1.54, 1.807) is 7.11 Å². The highest BCUT2D eigenvalue weighted by molar-refractivity contribution is 7.99. The van der Waals surface area contributed by atoms with Gasteiger partial charge in [-0.05, 0) is 6.42 Å². The first kappa shape index (κ1) is 16.1. The topological polar surface area (TPSA) is 75.2 Å². The molecule has 2 N–H and O–H groups in total. The maximum absolute atomic E-state index is 5.12. The zero-order valence-corrected chi connectivity index (χ0v) is 13.6. The number of nitrogens with one attached hydrogen (secondary N) is 2. The molecule has 0 amide bonds. The number of nitrogens with zero attached hydrogens (tertiary/aromatic N) is 4. The van der Waals surface area contributed by atoms with Crippen molar-refractivity contribution in [3.05, 3.63) is 0 Å². The lowest BCUT2D eigenvalue weighted by molar-refractivity contribution is 0.314. The summed E-state index contributed by atoms with van der Waals surface area (Å²) in [6, 6.07) is 0.334. The predicted octanol–water partition coefficient (Wildman–Crippen LogP) is 1.16. The molecule has 0 atom stereocenters. The van der Waals surface area contributed by atoms with E-state index in [1.165, 1.54) is 11.5 Å². The van der Waals surface area contributed by atoms with Crippen LogP contribution in [0, 0.1) is 0 Å². The summed E-state index contributed by atoms with van der Waals surface area (Å²) in [4.78, 5) is 15.2. The van der Waals surface area contributed by atoms with Crippen LogP contribution in [-0.4, -0.2) is 71.2 Å². The quantitative estimate of drug-likeness (QED) is 0.741. The van der Waals surface area contributed by atoms with Gasteiger partial charge in [0, 0.05) is 44.2 Å². The number of thioether (sulfide) groups is 1. The lowest BCUT2D eigenvalue weighted by Crippen LogP contribution is -2.36. The second-order valence-electron chi connectivity index (χ2n) is 4.78. The summed E-state index contributed by atoms with van der Waals surface area (Å²) in [5.74, 6) is 3.57. The minimum Gasteiger partial charge on any atom is -0.467 e. The Balaban J connectivity index is 1.85. The lowest BCUT2D eigenvalue weighted by atomic mass is 10.4. The molecule has 0 bridgehead atoms. The highest BCUT2D eigenvalue weighted by Gasteiger charge is 2.10. The number of anilines is 2. The van der Waals surface area contributed by atoms with Gasteiger partial charge in [-0.2, -0.15) is 26.7 Å². The number of hydrogen-bond donors (Lipinski definition) is 2. The highest BCUT2D eigenvalue weighted by Crippen LogP contribution is 2.11. The normalized spacial score (nSPS) is 15.7. The lowest BCUT2D eigenvalue weighted by Gasteiger charge is -2.25. The minimum atomic E-state index is 0.334. The van der Waals surface area contributed by atoms with Gasteiger partial charge in [-0.1, -0.05) is 6.92 Å². The highest BCUT2D eigenvalue weighted by atomic mass is 32.2. The summed E-state index contributed by atoms with van der Waals surface area (Å²) >= 11 is 2.02. The van der Waals surface area contributed by atoms with Crippen molar-refractivity contribution >= 4 is 23.7 Å². The van der Waals surface area contributed by atoms with Gasteiger partial charge < -0.3 is 15.4 Å². The summed E-state index contributed by atoms with van der Waals surface area (Å²) in [5, 5.41) is 6.41. The van der Waals surface area contributed by atoms with E-state index in [9.17, 15) is 0 Å². The van der Waals surface area contributed by atoms with E-state index in [2.05, 4.69) is 37.4 Å². The van der Waals surface area contributed by atoms with Crippen LogP contribution in [0.3, 0.4) is 0 Å². The summed E-state index contributed by atoms with van der Waals surface area (Å²) < 4.78 is 5.12. The van der Waals surface area contributed by atoms with Crippen LogP contribution in [-0.2, 0) is 0 Å². The molecule has 1 fully saturated rings. The predicted molar refractivity (Wildman–Crippen MR) is 87.4 cm³/mol. The third kappa shape index (κ3) is 5.55. The molecule has 21 heavy (non-hydrogen) atoms. The molecule has 7 nitrogen and oxygen atoms in total. The summed E-state index contributed by atoms with van der Waals surface area (Å²) in [6.07, 6.45) is 1.02.